The summed E-state index contributed by atoms with van der Waals surface area (Å²) in [6.45, 7) is 6.17. The Balaban J connectivity index is 0.000000209. The minimum atomic E-state index is -0.611. The van der Waals surface area contributed by atoms with Crippen molar-refractivity contribution in [1.29, 1.82) is 0 Å². The van der Waals surface area contributed by atoms with E-state index in [2.05, 4.69) is 28.5 Å². The third-order valence-corrected chi connectivity index (χ3v) is 10.5. The standard InChI is InChI=1S/C22H23FN2O3S.C14H17NOS/c1-14(26)29-19-8-10-25(13-16(19)12-20-24-9-11-28-20)21(22(27)15-6-7-15)17-4-2-3-5-18(17)23;1-11(16)17-14-7-8-15-10-13(14)9-12-5-3-2-4-6-12/h2-5,9,11-12,15,19,21H,6-8,10,13H2,1H3;2-6,9,14-15H,7-8,10H2,1H3/b16-12+;13-9+. The van der Waals surface area contributed by atoms with Gasteiger partial charge in [-0.05, 0) is 55.0 Å². The summed E-state index contributed by atoms with van der Waals surface area (Å²) in [4.78, 5) is 42.3. The molecule has 46 heavy (non-hydrogen) atoms. The Kier molecular flexibility index (Phi) is 12.2. The molecule has 2 aliphatic heterocycles. The number of ketones is 1. The second kappa shape index (κ2) is 16.5. The maximum absolute atomic E-state index is 14.6. The molecule has 0 amide bonds. The molecular formula is C36H40FN3O4S2. The monoisotopic (exact) mass is 661 g/mol. The molecule has 242 valence electrons. The summed E-state index contributed by atoms with van der Waals surface area (Å²) >= 11 is 2.74. The Bertz CT molecular complexity index is 1560. The van der Waals surface area contributed by atoms with E-state index in [1.807, 2.05) is 29.2 Å². The lowest BCUT2D eigenvalue weighted by atomic mass is 9.93. The average Bonchev–Trinajstić information content (AvgIpc) is 3.77. The van der Waals surface area contributed by atoms with E-state index < -0.39 is 6.04 Å². The van der Waals surface area contributed by atoms with Gasteiger partial charge in [-0.1, -0.05) is 78.1 Å². The SMILES string of the molecule is CC(=O)SC1CCN(C(C(=O)C2CC2)c2ccccc2F)C/C1=C\c1ncco1.CC(=O)SC1CCNC/C1=C\c1ccccc1. The summed E-state index contributed by atoms with van der Waals surface area (Å²) in [6.07, 6.45) is 10.6. The molecule has 1 aromatic heterocycles. The number of oxazole rings is 1. The number of halogens is 1. The Morgan fingerprint density at radius 3 is 2.28 bits per heavy atom. The van der Waals surface area contributed by atoms with Crippen LogP contribution in [0.5, 0.6) is 0 Å². The number of carbonyl (C=O) groups is 3. The van der Waals surface area contributed by atoms with Crippen LogP contribution in [0.3, 0.4) is 0 Å². The van der Waals surface area contributed by atoms with Crippen molar-refractivity contribution < 1.29 is 23.2 Å². The van der Waals surface area contributed by atoms with E-state index in [1.54, 1.807) is 38.2 Å². The van der Waals surface area contributed by atoms with Crippen molar-refractivity contribution in [3.8, 4) is 0 Å². The topological polar surface area (TPSA) is 92.5 Å². The normalized spacial score (nSPS) is 22.6. The van der Waals surface area contributed by atoms with E-state index in [-0.39, 0.29) is 33.0 Å². The zero-order chi connectivity index (χ0) is 32.5. The molecule has 2 aromatic carbocycles. The van der Waals surface area contributed by atoms with E-state index in [1.165, 1.54) is 47.0 Å². The molecule has 2 saturated heterocycles. The van der Waals surface area contributed by atoms with Gasteiger partial charge in [0.15, 0.2) is 16.0 Å². The van der Waals surface area contributed by atoms with Crippen LogP contribution in [0.2, 0.25) is 0 Å². The molecule has 1 aliphatic carbocycles. The van der Waals surface area contributed by atoms with E-state index in [0.717, 1.165) is 37.9 Å². The quantitative estimate of drug-likeness (QED) is 0.274. The number of benzene rings is 2. The number of piperidine rings is 2. The van der Waals surface area contributed by atoms with Gasteiger partial charge in [-0.3, -0.25) is 19.3 Å². The molecule has 10 heteroatoms. The van der Waals surface area contributed by atoms with Crippen molar-refractivity contribution in [3.05, 3.63) is 101 Å². The lowest BCUT2D eigenvalue weighted by Crippen LogP contribution is -2.43. The first-order valence-corrected chi connectivity index (χ1v) is 17.5. The zero-order valence-electron chi connectivity index (χ0n) is 26.2. The predicted octanol–water partition coefficient (Wildman–Crippen LogP) is 6.98. The number of carbonyl (C=O) groups excluding carboxylic acids is 3. The van der Waals surface area contributed by atoms with Crippen molar-refractivity contribution in [2.75, 3.05) is 26.2 Å². The van der Waals surface area contributed by atoms with Gasteiger partial charge < -0.3 is 9.73 Å². The lowest BCUT2D eigenvalue weighted by Gasteiger charge is -2.38. The first-order chi connectivity index (χ1) is 22.3. The molecule has 3 unspecified atom stereocenters. The number of nitrogens with one attached hydrogen (secondary N) is 1. The number of nitrogens with zero attached hydrogens (tertiary/aromatic N) is 2. The van der Waals surface area contributed by atoms with Crippen LogP contribution in [-0.4, -0.2) is 62.6 Å². The Labute approximate surface area is 278 Å². The van der Waals surface area contributed by atoms with Crippen LogP contribution in [0, 0.1) is 11.7 Å². The molecule has 0 bridgehead atoms. The average molecular weight is 662 g/mol. The van der Waals surface area contributed by atoms with Crippen LogP contribution in [0.25, 0.3) is 12.2 Å². The minimum Gasteiger partial charge on any atom is -0.445 e. The van der Waals surface area contributed by atoms with Crippen LogP contribution in [0.15, 0.2) is 82.6 Å². The highest BCUT2D eigenvalue weighted by Gasteiger charge is 2.41. The van der Waals surface area contributed by atoms with Gasteiger partial charge in [0.25, 0.3) is 0 Å². The third-order valence-electron chi connectivity index (χ3n) is 8.15. The van der Waals surface area contributed by atoms with Crippen LogP contribution < -0.4 is 5.32 Å². The predicted molar refractivity (Wildman–Crippen MR) is 184 cm³/mol. The molecule has 3 heterocycles. The van der Waals surface area contributed by atoms with Crippen LogP contribution in [-0.2, 0) is 14.4 Å². The Hall–Kier alpha value is -3.31. The molecule has 0 spiro atoms. The first kappa shape index (κ1) is 34.0. The molecule has 0 radical (unpaired) electrons. The van der Waals surface area contributed by atoms with Crippen LogP contribution in [0.4, 0.5) is 4.39 Å². The number of rotatable bonds is 8. The summed E-state index contributed by atoms with van der Waals surface area (Å²) in [7, 11) is 0. The maximum atomic E-state index is 14.6. The summed E-state index contributed by atoms with van der Waals surface area (Å²) in [5.74, 6) is 0.211. The number of thioether (sulfide) groups is 2. The fourth-order valence-corrected chi connectivity index (χ4v) is 7.72. The van der Waals surface area contributed by atoms with Gasteiger partial charge in [-0.25, -0.2) is 9.37 Å². The number of Topliss-reactive ketones (excluding diaryl/α,β-unsaturated/α-hetero) is 1. The molecule has 1 saturated carbocycles. The lowest BCUT2D eigenvalue weighted by molar-refractivity contribution is -0.126. The number of hydrogen-bond acceptors (Lipinski definition) is 9. The molecule has 7 nitrogen and oxygen atoms in total. The van der Waals surface area contributed by atoms with Gasteiger partial charge in [-0.15, -0.1) is 0 Å². The number of likely N-dealkylation sites (tertiary alicyclic amines) is 1. The molecular weight excluding hydrogens is 622 g/mol. The fourth-order valence-electron chi connectivity index (χ4n) is 5.87. The zero-order valence-corrected chi connectivity index (χ0v) is 27.8. The van der Waals surface area contributed by atoms with Gasteiger partial charge in [0.05, 0.1) is 12.2 Å². The molecule has 6 rings (SSSR count). The molecule has 3 fully saturated rings. The van der Waals surface area contributed by atoms with E-state index in [9.17, 15) is 18.8 Å². The van der Waals surface area contributed by atoms with Gasteiger partial charge in [0, 0.05) is 61.5 Å². The number of aromatic nitrogens is 1. The van der Waals surface area contributed by atoms with Crippen molar-refractivity contribution in [2.24, 2.45) is 5.92 Å². The molecule has 3 aromatic rings. The van der Waals surface area contributed by atoms with E-state index in [0.29, 0.717) is 36.2 Å². The van der Waals surface area contributed by atoms with Crippen molar-refractivity contribution >= 4 is 51.7 Å². The molecule has 1 N–H and O–H groups in total. The summed E-state index contributed by atoms with van der Waals surface area (Å²) in [5, 5.41) is 3.95. The summed E-state index contributed by atoms with van der Waals surface area (Å²) < 4.78 is 20.0. The summed E-state index contributed by atoms with van der Waals surface area (Å²) in [5.41, 5.74) is 3.92. The summed E-state index contributed by atoms with van der Waals surface area (Å²) in [6, 6.07) is 16.2. The molecule has 3 aliphatic rings. The van der Waals surface area contributed by atoms with Crippen molar-refractivity contribution in [2.45, 2.75) is 56.1 Å². The largest absolute Gasteiger partial charge is 0.445 e. The highest BCUT2D eigenvalue weighted by atomic mass is 32.2. The Morgan fingerprint density at radius 1 is 0.935 bits per heavy atom. The van der Waals surface area contributed by atoms with Crippen LogP contribution >= 0.6 is 23.5 Å². The van der Waals surface area contributed by atoms with Gasteiger partial charge in [0.1, 0.15) is 12.1 Å². The molecule has 3 atom stereocenters. The van der Waals surface area contributed by atoms with E-state index in [4.69, 9.17) is 4.42 Å². The minimum absolute atomic E-state index is 0.00653. The van der Waals surface area contributed by atoms with Crippen LogP contribution in [0.1, 0.15) is 62.6 Å². The second-order valence-corrected chi connectivity index (χ2v) is 14.5. The maximum Gasteiger partial charge on any atom is 0.218 e. The van der Waals surface area contributed by atoms with Crippen molar-refractivity contribution in [3.63, 3.8) is 0 Å². The highest BCUT2D eigenvalue weighted by Crippen LogP contribution is 2.40. The first-order valence-electron chi connectivity index (χ1n) is 15.7. The second-order valence-electron chi connectivity index (χ2n) is 11.7. The smallest absolute Gasteiger partial charge is 0.218 e. The van der Waals surface area contributed by atoms with Gasteiger partial charge in [-0.2, -0.15) is 0 Å². The Morgan fingerprint density at radius 2 is 1.63 bits per heavy atom. The van der Waals surface area contributed by atoms with Crippen molar-refractivity contribution in [1.82, 2.24) is 15.2 Å². The third kappa shape index (κ3) is 9.61. The fraction of sp³-hybridized carbons (Fsp3) is 0.389. The van der Waals surface area contributed by atoms with Gasteiger partial charge in [0.2, 0.25) is 5.89 Å². The highest BCUT2D eigenvalue weighted by molar-refractivity contribution is 8.14. The van der Waals surface area contributed by atoms with E-state index >= 15 is 0 Å². The number of hydrogen-bond donors (Lipinski definition) is 1. The van der Waals surface area contributed by atoms with Gasteiger partial charge >= 0.3 is 0 Å².